The van der Waals surface area contributed by atoms with Gasteiger partial charge in [0.25, 0.3) is 0 Å². The highest BCUT2D eigenvalue weighted by atomic mass is 32.1. The second-order valence-corrected chi connectivity index (χ2v) is 7.59. The summed E-state index contributed by atoms with van der Waals surface area (Å²) in [4.78, 5) is 39.4. The molecule has 1 aromatic carbocycles. The van der Waals surface area contributed by atoms with Crippen LogP contribution in [-0.2, 0) is 22.5 Å². The molecule has 0 saturated heterocycles. The van der Waals surface area contributed by atoms with Crippen LogP contribution in [0.5, 0.6) is 0 Å². The third kappa shape index (κ3) is 5.85. The van der Waals surface area contributed by atoms with Crippen molar-refractivity contribution >= 4 is 28.5 Å². The molecule has 31 heavy (non-hydrogen) atoms. The zero-order chi connectivity index (χ0) is 22.4. The number of carbonyl (C=O) groups excluding carboxylic acids is 2. The van der Waals surface area contributed by atoms with Crippen LogP contribution in [0, 0.1) is 0 Å². The number of hydrogen-bond acceptors (Lipinski definition) is 7. The van der Waals surface area contributed by atoms with Crippen LogP contribution >= 0.6 is 11.3 Å². The zero-order valence-electron chi connectivity index (χ0n) is 16.4. The van der Waals surface area contributed by atoms with Gasteiger partial charge in [0.05, 0.1) is 18.6 Å². The van der Waals surface area contributed by atoms with Crippen molar-refractivity contribution in [2.45, 2.75) is 19.9 Å². The smallest absolute Gasteiger partial charge is 0.404 e. The van der Waals surface area contributed by atoms with E-state index < -0.39 is 11.8 Å². The Labute approximate surface area is 179 Å². The maximum absolute atomic E-state index is 13.0. The molecule has 0 spiro atoms. The molecule has 3 N–H and O–H groups in total. The Balaban J connectivity index is 1.68. The van der Waals surface area contributed by atoms with Crippen LogP contribution in [-0.4, -0.2) is 37.9 Å². The number of rotatable bonds is 8. The predicted octanol–water partition coefficient (Wildman–Crippen LogP) is 1.99. The third-order valence-corrected chi connectivity index (χ3v) is 4.98. The molecule has 2 aromatic heterocycles. The number of nitrogens with two attached hydrogens (primary N) is 1. The summed E-state index contributed by atoms with van der Waals surface area (Å²) in [6.07, 6.45) is 2.86. The number of halogens is 1. The highest BCUT2D eigenvalue weighted by molar-refractivity contribution is 7.15. The van der Waals surface area contributed by atoms with Gasteiger partial charge in [0.1, 0.15) is 12.9 Å². The van der Waals surface area contributed by atoms with E-state index >= 15 is 0 Å². The molecule has 0 saturated carbocycles. The molecule has 12 heteroatoms. The van der Waals surface area contributed by atoms with Gasteiger partial charge in [-0.1, -0.05) is 12.1 Å². The molecule has 3 rings (SSSR count). The molecular weight excluding hydrogens is 427 g/mol. The lowest BCUT2D eigenvalue weighted by atomic mass is 10.1. The molecule has 3 aromatic rings. The van der Waals surface area contributed by atoms with Crippen molar-refractivity contribution in [3.63, 3.8) is 0 Å². The van der Waals surface area contributed by atoms with Gasteiger partial charge in [0, 0.05) is 30.0 Å². The van der Waals surface area contributed by atoms with E-state index in [9.17, 15) is 18.8 Å². The number of aromatic nitrogens is 4. The fourth-order valence-electron chi connectivity index (χ4n) is 2.66. The Bertz CT molecular complexity index is 1160. The van der Waals surface area contributed by atoms with Crippen molar-refractivity contribution in [3.05, 3.63) is 69.6 Å². The fraction of sp³-hybridized carbons (Fsp3) is 0.211. The molecule has 0 radical (unpaired) electrons. The van der Waals surface area contributed by atoms with Gasteiger partial charge in [-0.05, 0) is 17.7 Å². The molecule has 0 aliphatic heterocycles. The van der Waals surface area contributed by atoms with Gasteiger partial charge in [0.2, 0.25) is 5.91 Å². The minimum atomic E-state index is -1.04. The summed E-state index contributed by atoms with van der Waals surface area (Å²) in [5.74, 6) is -0.175. The van der Waals surface area contributed by atoms with E-state index in [0.29, 0.717) is 17.2 Å². The van der Waals surface area contributed by atoms with Crippen molar-refractivity contribution in [3.8, 4) is 5.69 Å². The Morgan fingerprint density at radius 1 is 1.32 bits per heavy atom. The third-order valence-electron chi connectivity index (χ3n) is 4.07. The van der Waals surface area contributed by atoms with E-state index in [1.807, 2.05) is 12.1 Å². The van der Waals surface area contributed by atoms with Crippen molar-refractivity contribution < 1.29 is 18.7 Å². The second-order valence-electron chi connectivity index (χ2n) is 6.47. The Morgan fingerprint density at radius 2 is 2.06 bits per heavy atom. The van der Waals surface area contributed by atoms with E-state index in [0.717, 1.165) is 15.1 Å². The van der Waals surface area contributed by atoms with Gasteiger partial charge in [-0.15, -0.1) is 11.3 Å². The first-order valence-electron chi connectivity index (χ1n) is 9.02. The fourth-order valence-corrected chi connectivity index (χ4v) is 3.56. The number of ether oxygens (including phenoxy) is 1. The molecular formula is C19H19FN6O4S. The lowest BCUT2D eigenvalue weighted by molar-refractivity contribution is -0.114. The topological polar surface area (TPSA) is 134 Å². The number of thiazole rings is 1. The highest BCUT2D eigenvalue weighted by Crippen LogP contribution is 2.21. The minimum Gasteiger partial charge on any atom is -0.445 e. The summed E-state index contributed by atoms with van der Waals surface area (Å²) in [7, 11) is 0. The molecule has 0 unspecified atom stereocenters. The summed E-state index contributed by atoms with van der Waals surface area (Å²) in [5.41, 5.74) is 5.99. The SMILES string of the molecule is CC(=O)Nc1ncc(Cc2ccc(-n3cnn(C/C(=C\F)COC(N)=O)c3=O)cc2)s1. The molecule has 0 aliphatic rings. The average molecular weight is 446 g/mol. The molecule has 2 amide bonds. The number of amides is 2. The molecule has 2 heterocycles. The normalized spacial score (nSPS) is 11.4. The van der Waals surface area contributed by atoms with Gasteiger partial charge in [-0.25, -0.2) is 28.2 Å². The maximum atomic E-state index is 13.0. The number of hydrogen-bond donors (Lipinski definition) is 2. The first kappa shape index (κ1) is 21.9. The number of carbonyl (C=O) groups is 2. The first-order chi connectivity index (χ1) is 14.9. The van der Waals surface area contributed by atoms with Crippen molar-refractivity contribution in [2.75, 3.05) is 11.9 Å². The first-order valence-corrected chi connectivity index (χ1v) is 9.83. The summed E-state index contributed by atoms with van der Waals surface area (Å²) in [5, 5.41) is 7.16. The molecule has 10 nitrogen and oxygen atoms in total. The van der Waals surface area contributed by atoms with Gasteiger partial charge < -0.3 is 15.8 Å². The number of nitrogens with one attached hydrogen (secondary N) is 1. The molecule has 0 fully saturated rings. The van der Waals surface area contributed by atoms with E-state index in [4.69, 9.17) is 5.73 Å². The van der Waals surface area contributed by atoms with Crippen LogP contribution in [0.25, 0.3) is 5.69 Å². The predicted molar refractivity (Wildman–Crippen MR) is 112 cm³/mol. The van der Waals surface area contributed by atoms with Crippen LogP contribution in [0.4, 0.5) is 14.3 Å². The minimum absolute atomic E-state index is 0.0321. The number of anilines is 1. The van der Waals surface area contributed by atoms with Gasteiger partial charge in [-0.3, -0.25) is 4.79 Å². The zero-order valence-corrected chi connectivity index (χ0v) is 17.3. The summed E-state index contributed by atoms with van der Waals surface area (Å²) in [6, 6.07) is 7.26. The van der Waals surface area contributed by atoms with E-state index in [2.05, 4.69) is 20.1 Å². The van der Waals surface area contributed by atoms with Crippen molar-refractivity contribution in [2.24, 2.45) is 5.73 Å². The van der Waals surface area contributed by atoms with Crippen LogP contribution in [0.2, 0.25) is 0 Å². The van der Waals surface area contributed by atoms with E-state index in [-0.39, 0.29) is 31.0 Å². The molecule has 0 bridgehead atoms. The number of nitrogens with zero attached hydrogens (tertiary/aromatic N) is 4. The quantitative estimate of drug-likeness (QED) is 0.543. The van der Waals surface area contributed by atoms with Crippen LogP contribution in [0.15, 0.2) is 53.5 Å². The summed E-state index contributed by atoms with van der Waals surface area (Å²) in [6.45, 7) is 0.865. The van der Waals surface area contributed by atoms with Crippen LogP contribution < -0.4 is 16.7 Å². The van der Waals surface area contributed by atoms with Crippen LogP contribution in [0.3, 0.4) is 0 Å². The second kappa shape index (κ2) is 9.80. The van der Waals surface area contributed by atoms with E-state index in [1.54, 1.807) is 18.3 Å². The Hall–Kier alpha value is -3.80. The monoisotopic (exact) mass is 446 g/mol. The molecule has 162 valence electrons. The highest BCUT2D eigenvalue weighted by Gasteiger charge is 2.11. The lowest BCUT2D eigenvalue weighted by Gasteiger charge is -2.05. The Kier molecular flexibility index (Phi) is 6.92. The van der Waals surface area contributed by atoms with Gasteiger partial charge in [0.15, 0.2) is 5.13 Å². The number of benzene rings is 1. The molecule has 0 aliphatic carbocycles. The average Bonchev–Trinajstić information content (AvgIpc) is 3.31. The van der Waals surface area contributed by atoms with Gasteiger partial charge in [-0.2, -0.15) is 5.10 Å². The van der Waals surface area contributed by atoms with Gasteiger partial charge >= 0.3 is 11.8 Å². The molecule has 0 atom stereocenters. The largest absolute Gasteiger partial charge is 0.445 e. The maximum Gasteiger partial charge on any atom is 0.404 e. The standard InChI is InChI=1S/C19H19FN6O4S/c1-12(27)24-18-22-8-16(31-18)6-13-2-4-15(5-3-13)25-11-23-26(19(25)29)9-14(7-20)10-30-17(21)28/h2-5,7-8,11H,6,9-10H2,1H3,(H2,21,28)(H,22,24,27)/b14-7+. The Morgan fingerprint density at radius 3 is 2.71 bits per heavy atom. The number of primary amides is 1. The summed E-state index contributed by atoms with van der Waals surface area (Å²) < 4.78 is 19.9. The summed E-state index contributed by atoms with van der Waals surface area (Å²) >= 11 is 1.39. The lowest BCUT2D eigenvalue weighted by Crippen LogP contribution is -2.26. The van der Waals surface area contributed by atoms with Crippen molar-refractivity contribution in [1.82, 2.24) is 19.3 Å². The van der Waals surface area contributed by atoms with Crippen LogP contribution in [0.1, 0.15) is 17.4 Å². The van der Waals surface area contributed by atoms with Crippen molar-refractivity contribution in [1.29, 1.82) is 0 Å². The van der Waals surface area contributed by atoms with E-state index in [1.165, 1.54) is 29.2 Å².